The molecule has 0 radical (unpaired) electrons. The van der Waals surface area contributed by atoms with E-state index in [1.54, 1.807) is 7.11 Å². The van der Waals surface area contributed by atoms with Crippen molar-refractivity contribution in [2.75, 3.05) is 13.7 Å². The minimum atomic E-state index is 0. The van der Waals surface area contributed by atoms with E-state index in [0.717, 1.165) is 17.7 Å². The van der Waals surface area contributed by atoms with Crippen LogP contribution in [0.5, 0.6) is 5.75 Å². The second-order valence-corrected chi connectivity index (χ2v) is 6.41. The van der Waals surface area contributed by atoms with Gasteiger partial charge in [-0.15, -0.1) is 12.4 Å². The molecule has 0 saturated carbocycles. The van der Waals surface area contributed by atoms with E-state index >= 15 is 0 Å². The molecule has 0 fully saturated rings. The Kier molecular flexibility index (Phi) is 9.78. The molecule has 0 aliphatic rings. The number of hydrogen-bond acceptors (Lipinski definition) is 3. The molecule has 0 aliphatic heterocycles. The smallest absolute Gasteiger partial charge is 0.222 e. The first-order valence-corrected chi connectivity index (χ1v) is 8.78. The van der Waals surface area contributed by atoms with Gasteiger partial charge in [0.15, 0.2) is 0 Å². The largest absolute Gasteiger partial charge is 0.497 e. The van der Waals surface area contributed by atoms with E-state index in [0.29, 0.717) is 25.9 Å². The molecular weight excluding hydrogens is 348 g/mol. The Morgan fingerprint density at radius 2 is 1.73 bits per heavy atom. The molecule has 1 unspecified atom stereocenters. The summed E-state index contributed by atoms with van der Waals surface area (Å²) in [4.78, 5) is 14.6. The summed E-state index contributed by atoms with van der Waals surface area (Å²) in [5.41, 5.74) is 8.14. The third-order valence-corrected chi connectivity index (χ3v) is 4.21. The highest BCUT2D eigenvalue weighted by Gasteiger charge is 2.14. The van der Waals surface area contributed by atoms with E-state index in [2.05, 4.69) is 12.1 Å². The van der Waals surface area contributed by atoms with Crippen LogP contribution >= 0.6 is 12.4 Å². The number of nitrogens with two attached hydrogens (primary N) is 1. The molecule has 2 N–H and O–H groups in total. The zero-order chi connectivity index (χ0) is 18.1. The van der Waals surface area contributed by atoms with Crippen LogP contribution in [0.1, 0.15) is 30.9 Å². The summed E-state index contributed by atoms with van der Waals surface area (Å²) in [6.45, 7) is 3.26. The molecule has 1 amide bonds. The van der Waals surface area contributed by atoms with Crippen LogP contribution in [0.3, 0.4) is 0 Å². The number of hydrogen-bond donors (Lipinski definition) is 1. The number of carbonyl (C=O) groups is 1. The average Bonchev–Trinajstić information content (AvgIpc) is 2.64. The van der Waals surface area contributed by atoms with Crippen molar-refractivity contribution in [2.45, 2.75) is 38.8 Å². The zero-order valence-corrected chi connectivity index (χ0v) is 16.4. The van der Waals surface area contributed by atoms with E-state index in [9.17, 15) is 4.79 Å². The van der Waals surface area contributed by atoms with Gasteiger partial charge in [0.2, 0.25) is 5.91 Å². The number of halogens is 1. The van der Waals surface area contributed by atoms with Crippen molar-refractivity contribution in [1.29, 1.82) is 0 Å². The first-order valence-electron chi connectivity index (χ1n) is 8.78. The van der Waals surface area contributed by atoms with Crippen LogP contribution in [0.15, 0.2) is 54.6 Å². The second kappa shape index (κ2) is 11.6. The normalized spacial score (nSPS) is 11.3. The molecule has 2 aromatic carbocycles. The van der Waals surface area contributed by atoms with Crippen LogP contribution < -0.4 is 10.5 Å². The summed E-state index contributed by atoms with van der Waals surface area (Å²) in [5.74, 6) is 1.01. The molecule has 0 aliphatic carbocycles. The van der Waals surface area contributed by atoms with Gasteiger partial charge in [0.05, 0.1) is 7.11 Å². The standard InChI is InChI=1S/C21H28N2O2.ClH/c1-17(22)8-13-21(24)23(16-19-6-4-3-5-7-19)15-14-18-9-11-20(25-2)12-10-18;/h3-7,9-12,17H,8,13-16,22H2,1-2H3;1H. The molecule has 2 rings (SSSR count). The molecule has 26 heavy (non-hydrogen) atoms. The van der Waals surface area contributed by atoms with Crippen LogP contribution in [-0.2, 0) is 17.8 Å². The Labute approximate surface area is 162 Å². The van der Waals surface area contributed by atoms with Crippen molar-refractivity contribution in [3.63, 3.8) is 0 Å². The molecule has 142 valence electrons. The number of benzene rings is 2. The van der Waals surface area contributed by atoms with Crippen molar-refractivity contribution in [1.82, 2.24) is 4.90 Å². The van der Waals surface area contributed by atoms with Gasteiger partial charge in [-0.3, -0.25) is 4.79 Å². The lowest BCUT2D eigenvalue weighted by molar-refractivity contribution is -0.132. The Hall–Kier alpha value is -2.04. The lowest BCUT2D eigenvalue weighted by Crippen LogP contribution is -2.33. The Bertz CT molecular complexity index is 645. The van der Waals surface area contributed by atoms with Crippen LogP contribution in [0.25, 0.3) is 0 Å². The minimum absolute atomic E-state index is 0. The van der Waals surface area contributed by atoms with Gasteiger partial charge in [-0.05, 0) is 43.0 Å². The number of rotatable bonds is 9. The maximum absolute atomic E-state index is 12.6. The molecule has 0 saturated heterocycles. The van der Waals surface area contributed by atoms with Crippen molar-refractivity contribution < 1.29 is 9.53 Å². The third-order valence-electron chi connectivity index (χ3n) is 4.21. The summed E-state index contributed by atoms with van der Waals surface area (Å²) < 4.78 is 5.19. The topological polar surface area (TPSA) is 55.6 Å². The molecule has 0 spiro atoms. The van der Waals surface area contributed by atoms with Gasteiger partial charge in [0.1, 0.15) is 5.75 Å². The predicted molar refractivity (Wildman–Crippen MR) is 109 cm³/mol. The minimum Gasteiger partial charge on any atom is -0.497 e. The van der Waals surface area contributed by atoms with Crippen LogP contribution in [-0.4, -0.2) is 30.5 Å². The van der Waals surface area contributed by atoms with Crippen LogP contribution in [0, 0.1) is 0 Å². The Morgan fingerprint density at radius 1 is 1.08 bits per heavy atom. The maximum Gasteiger partial charge on any atom is 0.222 e. The van der Waals surface area contributed by atoms with Crippen molar-refractivity contribution >= 4 is 18.3 Å². The molecule has 1 atom stereocenters. The maximum atomic E-state index is 12.6. The molecule has 0 heterocycles. The molecule has 2 aromatic rings. The fraction of sp³-hybridized carbons (Fsp3) is 0.381. The quantitative estimate of drug-likeness (QED) is 0.723. The fourth-order valence-corrected chi connectivity index (χ4v) is 2.66. The summed E-state index contributed by atoms with van der Waals surface area (Å²) >= 11 is 0. The van der Waals surface area contributed by atoms with Crippen molar-refractivity contribution in [3.8, 4) is 5.75 Å². The molecule has 4 nitrogen and oxygen atoms in total. The first-order chi connectivity index (χ1) is 12.1. The molecular formula is C21H29ClN2O2. The monoisotopic (exact) mass is 376 g/mol. The first kappa shape index (κ1) is 22.0. The van der Waals surface area contributed by atoms with Gasteiger partial charge >= 0.3 is 0 Å². The SMILES string of the molecule is COc1ccc(CCN(Cc2ccccc2)C(=O)CCC(C)N)cc1.Cl. The van der Waals surface area contributed by atoms with Gasteiger partial charge in [-0.1, -0.05) is 42.5 Å². The summed E-state index contributed by atoms with van der Waals surface area (Å²) in [5, 5.41) is 0. The number of methoxy groups -OCH3 is 1. The van der Waals surface area contributed by atoms with Crippen molar-refractivity contribution in [2.24, 2.45) is 5.73 Å². The van der Waals surface area contributed by atoms with Crippen LogP contribution in [0.2, 0.25) is 0 Å². The van der Waals surface area contributed by atoms with Crippen molar-refractivity contribution in [3.05, 3.63) is 65.7 Å². The summed E-state index contributed by atoms with van der Waals surface area (Å²) in [6.07, 6.45) is 2.03. The van der Waals surface area contributed by atoms with Crippen LogP contribution in [0.4, 0.5) is 0 Å². The summed E-state index contributed by atoms with van der Waals surface area (Å²) in [6, 6.07) is 18.2. The van der Waals surface area contributed by atoms with Gasteiger partial charge in [-0.25, -0.2) is 0 Å². The second-order valence-electron chi connectivity index (χ2n) is 6.41. The number of carbonyl (C=O) groups excluding carboxylic acids is 1. The lowest BCUT2D eigenvalue weighted by Gasteiger charge is -2.23. The zero-order valence-electron chi connectivity index (χ0n) is 15.6. The van der Waals surface area contributed by atoms with E-state index < -0.39 is 0 Å². The highest BCUT2D eigenvalue weighted by molar-refractivity contribution is 5.85. The summed E-state index contributed by atoms with van der Waals surface area (Å²) in [7, 11) is 1.66. The Morgan fingerprint density at radius 3 is 2.31 bits per heavy atom. The fourth-order valence-electron chi connectivity index (χ4n) is 2.66. The number of nitrogens with zero attached hydrogens (tertiary/aromatic N) is 1. The van der Waals surface area contributed by atoms with Gasteiger partial charge in [0.25, 0.3) is 0 Å². The molecule has 5 heteroatoms. The van der Waals surface area contributed by atoms with E-state index in [1.807, 2.05) is 54.3 Å². The predicted octanol–water partition coefficient (Wildman–Crippen LogP) is 3.82. The van der Waals surface area contributed by atoms with E-state index in [1.165, 1.54) is 5.56 Å². The van der Waals surface area contributed by atoms with Gasteiger partial charge in [-0.2, -0.15) is 0 Å². The average molecular weight is 377 g/mol. The Balaban J connectivity index is 0.00000338. The molecule has 0 aromatic heterocycles. The third kappa shape index (κ3) is 7.46. The highest BCUT2D eigenvalue weighted by atomic mass is 35.5. The number of amides is 1. The number of ether oxygens (including phenoxy) is 1. The van der Waals surface area contributed by atoms with Gasteiger partial charge < -0.3 is 15.4 Å². The van der Waals surface area contributed by atoms with E-state index in [4.69, 9.17) is 10.5 Å². The van der Waals surface area contributed by atoms with E-state index in [-0.39, 0.29) is 24.4 Å². The highest BCUT2D eigenvalue weighted by Crippen LogP contribution is 2.14. The molecule has 0 bridgehead atoms. The van der Waals surface area contributed by atoms with Gasteiger partial charge in [0, 0.05) is 25.6 Å². The lowest BCUT2D eigenvalue weighted by atomic mass is 10.1.